The van der Waals surface area contributed by atoms with Crippen molar-refractivity contribution in [3.8, 4) is 6.07 Å². The van der Waals surface area contributed by atoms with E-state index in [2.05, 4.69) is 23.3 Å². The molecule has 92 valence electrons. The zero-order valence-corrected chi connectivity index (χ0v) is 10.9. The van der Waals surface area contributed by atoms with Gasteiger partial charge in [0.2, 0.25) is 0 Å². The van der Waals surface area contributed by atoms with Gasteiger partial charge in [-0.3, -0.25) is 0 Å². The Kier molecular flexibility index (Phi) is 5.24. The number of nitrogens with one attached hydrogen (secondary N) is 1. The highest BCUT2D eigenvalue weighted by molar-refractivity contribution is 4.91. The predicted molar refractivity (Wildman–Crippen MR) is 67.1 cm³/mol. The molecule has 0 radical (unpaired) electrons. The summed E-state index contributed by atoms with van der Waals surface area (Å²) in [5.74, 6) is 0. The maximum Gasteiger partial charge on any atom is 0.0683 e. The molecule has 0 aromatic carbocycles. The van der Waals surface area contributed by atoms with Crippen molar-refractivity contribution in [3.05, 3.63) is 0 Å². The van der Waals surface area contributed by atoms with Crippen molar-refractivity contribution in [2.75, 3.05) is 26.7 Å². The molecule has 16 heavy (non-hydrogen) atoms. The summed E-state index contributed by atoms with van der Waals surface area (Å²) < 4.78 is 0. The van der Waals surface area contributed by atoms with Gasteiger partial charge >= 0.3 is 0 Å². The first-order chi connectivity index (χ1) is 7.53. The number of rotatable bonds is 5. The smallest absolute Gasteiger partial charge is 0.0683 e. The molecule has 1 aliphatic heterocycles. The van der Waals surface area contributed by atoms with Crippen molar-refractivity contribution in [2.24, 2.45) is 5.41 Å². The monoisotopic (exact) mass is 223 g/mol. The van der Waals surface area contributed by atoms with Crippen molar-refractivity contribution >= 4 is 0 Å². The van der Waals surface area contributed by atoms with E-state index in [9.17, 15) is 0 Å². The lowest BCUT2D eigenvalue weighted by Crippen LogP contribution is -2.41. The number of hydrogen-bond donors (Lipinski definition) is 1. The van der Waals surface area contributed by atoms with Crippen LogP contribution >= 0.6 is 0 Å². The van der Waals surface area contributed by atoms with E-state index in [1.165, 1.54) is 25.9 Å². The summed E-state index contributed by atoms with van der Waals surface area (Å²) in [6.45, 7) is 7.51. The molecule has 3 nitrogen and oxygen atoms in total. The molecule has 0 aromatic heterocycles. The van der Waals surface area contributed by atoms with Crippen LogP contribution in [-0.4, -0.2) is 37.6 Å². The van der Waals surface area contributed by atoms with E-state index in [1.54, 1.807) is 0 Å². The van der Waals surface area contributed by atoms with Gasteiger partial charge in [0.15, 0.2) is 0 Å². The average Bonchev–Trinajstić information content (AvgIpc) is 2.27. The highest BCUT2D eigenvalue weighted by Gasteiger charge is 2.18. The van der Waals surface area contributed by atoms with Gasteiger partial charge in [0, 0.05) is 6.04 Å². The van der Waals surface area contributed by atoms with Gasteiger partial charge in [0.1, 0.15) is 0 Å². The van der Waals surface area contributed by atoms with Gasteiger partial charge in [-0.2, -0.15) is 5.26 Å². The van der Waals surface area contributed by atoms with Crippen molar-refractivity contribution < 1.29 is 0 Å². The molecule has 1 N–H and O–H groups in total. The number of nitriles is 1. The molecule has 0 atom stereocenters. The lowest BCUT2D eigenvalue weighted by Gasteiger charge is -2.29. The van der Waals surface area contributed by atoms with E-state index in [-0.39, 0.29) is 5.41 Å². The third-order valence-corrected chi connectivity index (χ3v) is 3.43. The Morgan fingerprint density at radius 1 is 1.38 bits per heavy atom. The Balaban J connectivity index is 2.06. The maximum absolute atomic E-state index is 8.90. The van der Waals surface area contributed by atoms with Crippen LogP contribution in [0.5, 0.6) is 0 Å². The Labute approximate surface area is 99.8 Å². The minimum Gasteiger partial charge on any atom is -0.314 e. The molecular weight excluding hydrogens is 198 g/mol. The van der Waals surface area contributed by atoms with Crippen LogP contribution in [0.4, 0.5) is 0 Å². The topological polar surface area (TPSA) is 39.1 Å². The quantitative estimate of drug-likeness (QED) is 0.725. The summed E-state index contributed by atoms with van der Waals surface area (Å²) in [4.78, 5) is 2.39. The Morgan fingerprint density at radius 3 is 2.56 bits per heavy atom. The Bertz CT molecular complexity index is 234. The Hall–Kier alpha value is -0.590. The lowest BCUT2D eigenvalue weighted by molar-refractivity contribution is 0.233. The SMILES string of the molecule is CN1CCC(NCCCC(C)(C)C#N)CC1. The van der Waals surface area contributed by atoms with Crippen molar-refractivity contribution in [1.29, 1.82) is 5.26 Å². The molecule has 0 aliphatic carbocycles. The zero-order valence-electron chi connectivity index (χ0n) is 10.9. The fourth-order valence-electron chi connectivity index (χ4n) is 2.11. The van der Waals surface area contributed by atoms with Crippen LogP contribution in [0.1, 0.15) is 39.5 Å². The van der Waals surface area contributed by atoms with Crippen molar-refractivity contribution in [1.82, 2.24) is 10.2 Å². The van der Waals surface area contributed by atoms with E-state index < -0.39 is 0 Å². The summed E-state index contributed by atoms with van der Waals surface area (Å²) in [6, 6.07) is 3.05. The molecule has 0 spiro atoms. The largest absolute Gasteiger partial charge is 0.314 e. The third-order valence-electron chi connectivity index (χ3n) is 3.43. The van der Waals surface area contributed by atoms with Gasteiger partial charge in [-0.1, -0.05) is 0 Å². The fourth-order valence-corrected chi connectivity index (χ4v) is 2.11. The standard InChI is InChI=1S/C13H25N3/c1-13(2,11-14)7-4-8-15-12-5-9-16(3)10-6-12/h12,15H,4-10H2,1-3H3. The van der Waals surface area contributed by atoms with Crippen LogP contribution in [0.25, 0.3) is 0 Å². The van der Waals surface area contributed by atoms with E-state index in [0.717, 1.165) is 19.4 Å². The predicted octanol–water partition coefficient (Wildman–Crippen LogP) is 2.00. The summed E-state index contributed by atoms with van der Waals surface area (Å²) in [5.41, 5.74) is -0.158. The van der Waals surface area contributed by atoms with Gasteiger partial charge in [-0.15, -0.1) is 0 Å². The van der Waals surface area contributed by atoms with Crippen LogP contribution in [0.2, 0.25) is 0 Å². The van der Waals surface area contributed by atoms with Gasteiger partial charge in [0.05, 0.1) is 11.5 Å². The molecule has 0 saturated carbocycles. The minimum atomic E-state index is -0.158. The van der Waals surface area contributed by atoms with E-state index in [0.29, 0.717) is 6.04 Å². The van der Waals surface area contributed by atoms with Crippen LogP contribution in [0.3, 0.4) is 0 Å². The summed E-state index contributed by atoms with van der Waals surface area (Å²) in [5, 5.41) is 12.5. The number of piperidine rings is 1. The van der Waals surface area contributed by atoms with Crippen molar-refractivity contribution in [3.63, 3.8) is 0 Å². The van der Waals surface area contributed by atoms with Crippen LogP contribution in [0, 0.1) is 16.7 Å². The fraction of sp³-hybridized carbons (Fsp3) is 0.923. The van der Waals surface area contributed by atoms with Crippen LogP contribution in [0.15, 0.2) is 0 Å². The molecule has 1 heterocycles. The van der Waals surface area contributed by atoms with Crippen LogP contribution in [-0.2, 0) is 0 Å². The molecule has 3 heteroatoms. The first-order valence-corrected chi connectivity index (χ1v) is 6.37. The number of likely N-dealkylation sites (tertiary alicyclic amines) is 1. The first kappa shape index (κ1) is 13.5. The molecule has 1 fully saturated rings. The average molecular weight is 223 g/mol. The first-order valence-electron chi connectivity index (χ1n) is 6.37. The van der Waals surface area contributed by atoms with Gasteiger partial charge in [0.25, 0.3) is 0 Å². The zero-order chi connectivity index (χ0) is 12.0. The molecule has 1 rings (SSSR count). The van der Waals surface area contributed by atoms with E-state index in [4.69, 9.17) is 5.26 Å². The van der Waals surface area contributed by atoms with Gasteiger partial charge in [-0.05, 0) is 66.2 Å². The number of hydrogen-bond acceptors (Lipinski definition) is 3. The van der Waals surface area contributed by atoms with Crippen LogP contribution < -0.4 is 5.32 Å². The van der Waals surface area contributed by atoms with Gasteiger partial charge < -0.3 is 10.2 Å². The van der Waals surface area contributed by atoms with E-state index >= 15 is 0 Å². The second kappa shape index (κ2) is 6.22. The molecule has 0 unspecified atom stereocenters. The number of nitrogens with zero attached hydrogens (tertiary/aromatic N) is 2. The summed E-state index contributed by atoms with van der Waals surface area (Å²) in [7, 11) is 2.19. The minimum absolute atomic E-state index is 0.158. The highest BCUT2D eigenvalue weighted by Crippen LogP contribution is 2.20. The lowest BCUT2D eigenvalue weighted by atomic mass is 9.90. The molecule has 1 aliphatic rings. The summed E-state index contributed by atoms with van der Waals surface area (Å²) in [6.07, 6.45) is 4.62. The maximum atomic E-state index is 8.90. The third kappa shape index (κ3) is 4.96. The van der Waals surface area contributed by atoms with Crippen molar-refractivity contribution in [2.45, 2.75) is 45.6 Å². The molecule has 0 aromatic rings. The van der Waals surface area contributed by atoms with E-state index in [1.807, 2.05) is 13.8 Å². The summed E-state index contributed by atoms with van der Waals surface area (Å²) >= 11 is 0. The second-order valence-corrected chi connectivity index (χ2v) is 5.63. The normalized spacial score (nSPS) is 19.6. The van der Waals surface area contributed by atoms with Gasteiger partial charge in [-0.25, -0.2) is 0 Å². The molecule has 1 saturated heterocycles. The highest BCUT2D eigenvalue weighted by atomic mass is 15.1. The molecular formula is C13H25N3. The molecule has 0 amide bonds. The second-order valence-electron chi connectivity index (χ2n) is 5.63. The Morgan fingerprint density at radius 2 is 2.00 bits per heavy atom. The molecule has 0 bridgehead atoms.